The molecule has 1 N–H and O–H groups in total. The Balaban J connectivity index is 2.83. The van der Waals surface area contributed by atoms with Crippen LogP contribution in [-0.4, -0.2) is 47.3 Å². The highest BCUT2D eigenvalue weighted by molar-refractivity contribution is 7.91. The van der Waals surface area contributed by atoms with Crippen LogP contribution in [-0.2, 0) is 14.6 Å². The zero-order valence-corrected chi connectivity index (χ0v) is 13.8. The summed E-state index contributed by atoms with van der Waals surface area (Å²) in [6, 6.07) is 7.28. The molecule has 0 radical (unpaired) electrons. The predicted octanol–water partition coefficient (Wildman–Crippen LogP) is 1.80. The van der Waals surface area contributed by atoms with Crippen molar-refractivity contribution in [2.75, 3.05) is 38.9 Å². The minimum atomic E-state index is -3.16. The number of nitrogens with one attached hydrogen (secondary N) is 1. The first kappa shape index (κ1) is 17.9. The van der Waals surface area contributed by atoms with Gasteiger partial charge in [-0.2, -0.15) is 0 Å². The van der Waals surface area contributed by atoms with Crippen LogP contribution < -0.4 is 10.1 Å². The molecule has 120 valence electrons. The fourth-order valence-corrected chi connectivity index (χ4v) is 3.38. The van der Waals surface area contributed by atoms with Crippen molar-refractivity contribution in [3.05, 3.63) is 29.8 Å². The van der Waals surface area contributed by atoms with Crippen LogP contribution in [0.25, 0.3) is 0 Å². The molecule has 0 aliphatic carbocycles. The fraction of sp³-hybridized carbons (Fsp3) is 0.600. The van der Waals surface area contributed by atoms with E-state index in [0.717, 1.165) is 24.3 Å². The van der Waals surface area contributed by atoms with Gasteiger partial charge in [0.1, 0.15) is 5.75 Å². The van der Waals surface area contributed by atoms with Gasteiger partial charge in [0.15, 0.2) is 9.84 Å². The molecule has 1 aromatic rings. The summed E-state index contributed by atoms with van der Waals surface area (Å²) in [6.45, 7) is 3.06. The Bertz CT molecular complexity index is 499. The molecule has 0 aliphatic rings. The van der Waals surface area contributed by atoms with Crippen LogP contribution in [0.4, 0.5) is 0 Å². The Morgan fingerprint density at radius 3 is 2.38 bits per heavy atom. The van der Waals surface area contributed by atoms with Crippen LogP contribution in [0.5, 0.6) is 5.75 Å². The minimum Gasteiger partial charge on any atom is -0.497 e. The van der Waals surface area contributed by atoms with Crippen LogP contribution in [0.1, 0.15) is 24.9 Å². The average Bonchev–Trinajstić information content (AvgIpc) is 2.49. The van der Waals surface area contributed by atoms with Crippen molar-refractivity contribution in [2.24, 2.45) is 0 Å². The van der Waals surface area contributed by atoms with E-state index < -0.39 is 9.84 Å². The van der Waals surface area contributed by atoms with Gasteiger partial charge in [0.2, 0.25) is 0 Å². The van der Waals surface area contributed by atoms with Crippen LogP contribution in [0.3, 0.4) is 0 Å². The van der Waals surface area contributed by atoms with Crippen LogP contribution >= 0.6 is 0 Å². The molecule has 6 heteroatoms. The van der Waals surface area contributed by atoms with Gasteiger partial charge in [-0.05, 0) is 30.7 Å². The first-order valence-corrected chi connectivity index (χ1v) is 8.91. The molecule has 0 fully saturated rings. The molecule has 0 aliphatic heterocycles. The van der Waals surface area contributed by atoms with E-state index in [4.69, 9.17) is 9.47 Å². The molecule has 0 saturated heterocycles. The van der Waals surface area contributed by atoms with Gasteiger partial charge in [0, 0.05) is 13.2 Å². The van der Waals surface area contributed by atoms with Gasteiger partial charge in [-0.15, -0.1) is 0 Å². The van der Waals surface area contributed by atoms with Gasteiger partial charge in [0.25, 0.3) is 0 Å². The van der Waals surface area contributed by atoms with E-state index in [1.165, 1.54) is 7.11 Å². The maximum atomic E-state index is 12.1. The summed E-state index contributed by atoms with van der Waals surface area (Å²) in [5.41, 5.74) is 0.949. The molecule has 0 bridgehead atoms. The Labute approximate surface area is 127 Å². The van der Waals surface area contributed by atoms with Crippen molar-refractivity contribution in [2.45, 2.75) is 19.4 Å². The summed E-state index contributed by atoms with van der Waals surface area (Å²) in [5.74, 6) is 0.877. The highest BCUT2D eigenvalue weighted by atomic mass is 32.2. The number of rotatable bonds is 10. The third-order valence-electron chi connectivity index (χ3n) is 3.18. The SMILES string of the molecule is CCCNC(CS(=O)(=O)CCOC)c1ccc(OC)cc1. The van der Waals surface area contributed by atoms with E-state index in [0.29, 0.717) is 0 Å². The molecule has 0 heterocycles. The maximum Gasteiger partial charge on any atom is 0.154 e. The molecule has 1 atom stereocenters. The summed E-state index contributed by atoms with van der Waals surface area (Å²) in [5, 5.41) is 3.29. The number of hydrogen-bond donors (Lipinski definition) is 1. The smallest absolute Gasteiger partial charge is 0.154 e. The van der Waals surface area contributed by atoms with Crippen molar-refractivity contribution in [1.82, 2.24) is 5.32 Å². The third-order valence-corrected chi connectivity index (χ3v) is 4.81. The van der Waals surface area contributed by atoms with Gasteiger partial charge in [0.05, 0.1) is 25.2 Å². The number of benzene rings is 1. The molecule has 1 rings (SSSR count). The lowest BCUT2D eigenvalue weighted by Crippen LogP contribution is -2.30. The molecule has 1 unspecified atom stereocenters. The quantitative estimate of drug-likeness (QED) is 0.713. The second-order valence-corrected chi connectivity index (χ2v) is 7.12. The average molecular weight is 315 g/mol. The maximum absolute atomic E-state index is 12.1. The molecule has 0 amide bonds. The molecule has 1 aromatic carbocycles. The van der Waals surface area contributed by atoms with Gasteiger partial charge in [-0.1, -0.05) is 19.1 Å². The monoisotopic (exact) mass is 315 g/mol. The van der Waals surface area contributed by atoms with E-state index in [1.807, 2.05) is 24.3 Å². The molecular weight excluding hydrogens is 290 g/mol. The Hall–Kier alpha value is -1.11. The van der Waals surface area contributed by atoms with Crippen LogP contribution in [0.2, 0.25) is 0 Å². The Morgan fingerprint density at radius 1 is 1.19 bits per heavy atom. The summed E-state index contributed by atoms with van der Waals surface area (Å²) < 4.78 is 34.2. The zero-order chi connectivity index (χ0) is 15.7. The second-order valence-electron chi connectivity index (χ2n) is 4.89. The molecular formula is C15H25NO4S. The highest BCUT2D eigenvalue weighted by Gasteiger charge is 2.20. The summed E-state index contributed by atoms with van der Waals surface area (Å²) in [6.07, 6.45) is 0.949. The van der Waals surface area contributed by atoms with Crippen LogP contribution in [0.15, 0.2) is 24.3 Å². The molecule has 5 nitrogen and oxygen atoms in total. The zero-order valence-electron chi connectivity index (χ0n) is 13.0. The normalized spacial score (nSPS) is 13.1. The lowest BCUT2D eigenvalue weighted by molar-refractivity contribution is 0.217. The molecule has 21 heavy (non-hydrogen) atoms. The molecule has 0 aromatic heterocycles. The first-order chi connectivity index (χ1) is 10.0. The summed E-state index contributed by atoms with van der Waals surface area (Å²) in [4.78, 5) is 0. The first-order valence-electron chi connectivity index (χ1n) is 7.09. The topological polar surface area (TPSA) is 64.6 Å². The number of sulfone groups is 1. The van der Waals surface area contributed by atoms with E-state index in [9.17, 15) is 8.42 Å². The van der Waals surface area contributed by atoms with Crippen molar-refractivity contribution >= 4 is 9.84 Å². The minimum absolute atomic E-state index is 0.0456. The van der Waals surface area contributed by atoms with Crippen molar-refractivity contribution < 1.29 is 17.9 Å². The number of ether oxygens (including phenoxy) is 2. The fourth-order valence-electron chi connectivity index (χ4n) is 1.98. The number of methoxy groups -OCH3 is 2. The predicted molar refractivity (Wildman–Crippen MR) is 84.6 cm³/mol. The molecule has 0 spiro atoms. The largest absolute Gasteiger partial charge is 0.497 e. The third kappa shape index (κ3) is 6.46. The lowest BCUT2D eigenvalue weighted by atomic mass is 10.1. The second kappa shape index (κ2) is 9.02. The van der Waals surface area contributed by atoms with Crippen molar-refractivity contribution in [3.8, 4) is 5.75 Å². The van der Waals surface area contributed by atoms with E-state index in [-0.39, 0.29) is 24.2 Å². The summed E-state index contributed by atoms with van der Waals surface area (Å²) >= 11 is 0. The Morgan fingerprint density at radius 2 is 1.86 bits per heavy atom. The van der Waals surface area contributed by atoms with Crippen molar-refractivity contribution in [1.29, 1.82) is 0 Å². The van der Waals surface area contributed by atoms with E-state index in [1.54, 1.807) is 7.11 Å². The van der Waals surface area contributed by atoms with Gasteiger partial charge < -0.3 is 14.8 Å². The van der Waals surface area contributed by atoms with Gasteiger partial charge in [-0.25, -0.2) is 8.42 Å². The van der Waals surface area contributed by atoms with E-state index >= 15 is 0 Å². The van der Waals surface area contributed by atoms with Gasteiger partial charge >= 0.3 is 0 Å². The van der Waals surface area contributed by atoms with Gasteiger partial charge in [-0.3, -0.25) is 0 Å². The van der Waals surface area contributed by atoms with E-state index in [2.05, 4.69) is 12.2 Å². The van der Waals surface area contributed by atoms with Crippen molar-refractivity contribution in [3.63, 3.8) is 0 Å². The Kier molecular flexibility index (Phi) is 7.71. The summed E-state index contributed by atoms with van der Waals surface area (Å²) in [7, 11) is -0.0420. The number of hydrogen-bond acceptors (Lipinski definition) is 5. The highest BCUT2D eigenvalue weighted by Crippen LogP contribution is 2.19. The van der Waals surface area contributed by atoms with Crippen LogP contribution in [0, 0.1) is 0 Å². The molecule has 0 saturated carbocycles. The lowest BCUT2D eigenvalue weighted by Gasteiger charge is -2.19. The standard InChI is InChI=1S/C15H25NO4S/c1-4-9-16-15(12-21(17,18)11-10-19-2)13-5-7-14(20-3)8-6-13/h5-8,15-16H,4,9-12H2,1-3H3.